The predicted molar refractivity (Wildman–Crippen MR) is 155 cm³/mol. The number of aryl methyl sites for hydroxylation is 1. The summed E-state index contributed by atoms with van der Waals surface area (Å²) in [4.78, 5) is 47.3. The summed E-state index contributed by atoms with van der Waals surface area (Å²) in [6.07, 6.45) is 0. The van der Waals surface area contributed by atoms with E-state index in [1.807, 2.05) is 27.7 Å². The molecule has 0 aliphatic carbocycles. The zero-order valence-electron chi connectivity index (χ0n) is 21.3. The van der Waals surface area contributed by atoms with Crippen LogP contribution in [0.25, 0.3) is 11.2 Å². The van der Waals surface area contributed by atoms with Crippen LogP contribution >= 0.6 is 34.8 Å². The number of imidazole rings is 1. The third-order valence-electron chi connectivity index (χ3n) is 6.84. The fourth-order valence-corrected chi connectivity index (χ4v) is 5.20. The number of nitrogens with zero attached hydrogens (tertiary/aromatic N) is 6. The molecule has 0 saturated carbocycles. The van der Waals surface area contributed by atoms with Gasteiger partial charge in [-0.2, -0.15) is 4.98 Å². The Balaban J connectivity index is 1.38. The number of benzene rings is 2. The Bertz CT molecular complexity index is 1690. The van der Waals surface area contributed by atoms with E-state index in [9.17, 15) is 14.4 Å². The topological polar surface area (TPSA) is 97.4 Å². The number of carbonyl (C=O) groups excluding carboxylic acids is 1. The van der Waals surface area contributed by atoms with Crippen LogP contribution in [0, 0.1) is 0 Å². The van der Waals surface area contributed by atoms with E-state index in [0.29, 0.717) is 70.6 Å². The van der Waals surface area contributed by atoms with Gasteiger partial charge in [-0.25, -0.2) is 4.79 Å². The van der Waals surface area contributed by atoms with E-state index in [1.165, 1.54) is 11.6 Å². The fraction of sp³-hybridized carbons (Fsp3) is 0.308. The molecular formula is C26H26Cl3N7O3. The van der Waals surface area contributed by atoms with E-state index >= 15 is 0 Å². The Kier molecular flexibility index (Phi) is 7.73. The molecule has 2 aromatic carbocycles. The van der Waals surface area contributed by atoms with Crippen LogP contribution < -0.4 is 21.5 Å². The molecule has 4 aromatic rings. The highest BCUT2D eigenvalue weighted by atomic mass is 35.5. The molecule has 1 fully saturated rings. The maximum atomic E-state index is 13.2. The number of anilines is 2. The van der Waals surface area contributed by atoms with Gasteiger partial charge in [-0.1, -0.05) is 53.0 Å². The van der Waals surface area contributed by atoms with Crippen LogP contribution in [-0.4, -0.2) is 62.2 Å². The molecule has 1 aliphatic heterocycles. The summed E-state index contributed by atoms with van der Waals surface area (Å²) in [6, 6.07) is 12.4. The summed E-state index contributed by atoms with van der Waals surface area (Å²) < 4.78 is 4.29. The third kappa shape index (κ3) is 5.42. The average Bonchev–Trinajstić information content (AvgIpc) is 3.29. The molecule has 13 heteroatoms. The first kappa shape index (κ1) is 27.3. The van der Waals surface area contributed by atoms with Crippen LogP contribution in [0.2, 0.25) is 15.1 Å². The lowest BCUT2D eigenvalue weighted by Crippen LogP contribution is -2.49. The monoisotopic (exact) mass is 589 g/mol. The van der Waals surface area contributed by atoms with Crippen molar-refractivity contribution in [1.29, 1.82) is 0 Å². The molecule has 0 unspecified atom stereocenters. The molecule has 0 spiro atoms. The smallest absolute Gasteiger partial charge is 0.332 e. The van der Waals surface area contributed by atoms with E-state index in [1.54, 1.807) is 31.3 Å². The maximum absolute atomic E-state index is 13.2. The van der Waals surface area contributed by atoms with E-state index in [0.717, 1.165) is 10.1 Å². The van der Waals surface area contributed by atoms with Gasteiger partial charge in [-0.15, -0.1) is 0 Å². The Morgan fingerprint density at radius 1 is 0.923 bits per heavy atom. The van der Waals surface area contributed by atoms with Crippen LogP contribution in [0.15, 0.2) is 52.1 Å². The van der Waals surface area contributed by atoms with Gasteiger partial charge in [0.1, 0.15) is 0 Å². The van der Waals surface area contributed by atoms with E-state index in [4.69, 9.17) is 39.8 Å². The molecule has 1 N–H and O–H groups in total. The molecule has 204 valence electrons. The number of fused-ring (bicyclic) bond motifs is 1. The Hall–Kier alpha value is -3.31. The normalized spacial score (nSPS) is 14.2. The van der Waals surface area contributed by atoms with Gasteiger partial charge >= 0.3 is 5.69 Å². The second-order valence-electron chi connectivity index (χ2n) is 9.41. The van der Waals surface area contributed by atoms with Crippen molar-refractivity contribution in [3.05, 3.63) is 83.9 Å². The molecular weight excluding hydrogens is 565 g/mol. The highest BCUT2D eigenvalue weighted by Crippen LogP contribution is 2.26. The first-order valence-electron chi connectivity index (χ1n) is 12.3. The molecule has 39 heavy (non-hydrogen) atoms. The standard InChI is InChI=1S/C26H26Cl3N7O3/c1-32-23-22(24(38)33(2)26(32)39)36(14-16-5-3-4-6-18(16)27)25(31-23)35-11-9-34(10-12-35)15-21(37)30-17-7-8-19(28)20(29)13-17/h3-8,13H,9-12,14-15H2,1-2H3,(H,30,37). The number of amides is 1. The van der Waals surface area contributed by atoms with E-state index in [-0.39, 0.29) is 12.5 Å². The number of aromatic nitrogens is 4. The lowest BCUT2D eigenvalue weighted by atomic mass is 10.2. The van der Waals surface area contributed by atoms with Crippen LogP contribution in [0.4, 0.5) is 11.6 Å². The lowest BCUT2D eigenvalue weighted by molar-refractivity contribution is -0.117. The van der Waals surface area contributed by atoms with Crippen molar-refractivity contribution in [2.75, 3.05) is 42.9 Å². The first-order chi connectivity index (χ1) is 18.6. The molecule has 0 atom stereocenters. The zero-order chi connectivity index (χ0) is 27.8. The lowest BCUT2D eigenvalue weighted by Gasteiger charge is -2.35. The van der Waals surface area contributed by atoms with Gasteiger partial charge in [-0.05, 0) is 29.8 Å². The summed E-state index contributed by atoms with van der Waals surface area (Å²) in [6.45, 7) is 2.85. The Morgan fingerprint density at radius 3 is 2.33 bits per heavy atom. The van der Waals surface area contributed by atoms with Crippen molar-refractivity contribution >= 4 is 63.5 Å². The number of hydrogen-bond acceptors (Lipinski definition) is 6. The molecule has 1 saturated heterocycles. The molecule has 5 rings (SSSR count). The van der Waals surface area contributed by atoms with Gasteiger partial charge in [0, 0.05) is 51.0 Å². The number of nitrogens with one attached hydrogen (secondary N) is 1. The van der Waals surface area contributed by atoms with Crippen molar-refractivity contribution in [3.8, 4) is 0 Å². The van der Waals surface area contributed by atoms with Gasteiger partial charge in [0.2, 0.25) is 11.9 Å². The minimum atomic E-state index is -0.445. The molecule has 1 amide bonds. The Morgan fingerprint density at radius 2 is 1.64 bits per heavy atom. The second-order valence-corrected chi connectivity index (χ2v) is 10.6. The zero-order valence-corrected chi connectivity index (χ0v) is 23.6. The van der Waals surface area contributed by atoms with Crippen molar-refractivity contribution in [2.24, 2.45) is 14.1 Å². The summed E-state index contributed by atoms with van der Waals surface area (Å²) in [7, 11) is 3.06. The highest BCUT2D eigenvalue weighted by molar-refractivity contribution is 6.42. The van der Waals surface area contributed by atoms with Gasteiger partial charge in [0.25, 0.3) is 5.56 Å². The minimum Gasteiger partial charge on any atom is -0.340 e. The van der Waals surface area contributed by atoms with Crippen molar-refractivity contribution in [3.63, 3.8) is 0 Å². The number of hydrogen-bond donors (Lipinski definition) is 1. The quantitative estimate of drug-likeness (QED) is 0.371. The molecule has 0 radical (unpaired) electrons. The van der Waals surface area contributed by atoms with Gasteiger partial charge in [-0.3, -0.25) is 28.2 Å². The van der Waals surface area contributed by atoms with Crippen LogP contribution in [0.5, 0.6) is 0 Å². The van der Waals surface area contributed by atoms with E-state index < -0.39 is 11.2 Å². The van der Waals surface area contributed by atoms with Crippen molar-refractivity contribution in [1.82, 2.24) is 23.6 Å². The van der Waals surface area contributed by atoms with Gasteiger partial charge in [0.15, 0.2) is 11.2 Å². The maximum Gasteiger partial charge on any atom is 0.332 e. The SMILES string of the molecule is Cn1c(=O)c2c(nc(N3CCN(CC(=O)Nc4ccc(Cl)c(Cl)c4)CC3)n2Cc2ccccc2Cl)n(C)c1=O. The third-order valence-corrected chi connectivity index (χ3v) is 7.95. The first-order valence-corrected chi connectivity index (χ1v) is 13.4. The van der Waals surface area contributed by atoms with Gasteiger partial charge in [0.05, 0.1) is 23.1 Å². The predicted octanol–water partition coefficient (Wildman–Crippen LogP) is 3.20. The minimum absolute atomic E-state index is 0.161. The average molecular weight is 591 g/mol. The van der Waals surface area contributed by atoms with Crippen molar-refractivity contribution < 1.29 is 4.79 Å². The van der Waals surface area contributed by atoms with Crippen LogP contribution in [0.3, 0.4) is 0 Å². The number of piperazine rings is 1. The number of halogens is 3. The molecule has 2 aromatic heterocycles. The summed E-state index contributed by atoms with van der Waals surface area (Å²) in [5, 5.41) is 4.21. The van der Waals surface area contributed by atoms with E-state index in [2.05, 4.69) is 10.2 Å². The summed E-state index contributed by atoms with van der Waals surface area (Å²) in [5.41, 5.74) is 1.18. The second kappa shape index (κ2) is 11.1. The number of rotatable bonds is 6. The van der Waals surface area contributed by atoms with Crippen molar-refractivity contribution in [2.45, 2.75) is 6.54 Å². The van der Waals surface area contributed by atoms with Gasteiger partial charge < -0.3 is 10.2 Å². The largest absolute Gasteiger partial charge is 0.340 e. The Labute approximate surface area is 238 Å². The molecule has 0 bridgehead atoms. The molecule has 1 aliphatic rings. The number of carbonyl (C=O) groups is 1. The fourth-order valence-electron chi connectivity index (χ4n) is 4.71. The summed E-state index contributed by atoms with van der Waals surface area (Å²) in [5.74, 6) is 0.412. The van der Waals surface area contributed by atoms with Crippen LogP contribution in [-0.2, 0) is 25.4 Å². The summed E-state index contributed by atoms with van der Waals surface area (Å²) >= 11 is 18.5. The van der Waals surface area contributed by atoms with Crippen LogP contribution in [0.1, 0.15) is 5.56 Å². The molecule has 10 nitrogen and oxygen atoms in total. The molecule has 3 heterocycles. The highest BCUT2D eigenvalue weighted by Gasteiger charge is 2.26.